The highest BCUT2D eigenvalue weighted by atomic mass is 35.5. The second-order valence-corrected chi connectivity index (χ2v) is 17.9. The Labute approximate surface area is 373 Å². The van der Waals surface area contributed by atoms with E-state index in [1.54, 1.807) is 54.1 Å². The Kier molecular flexibility index (Phi) is 12.0. The van der Waals surface area contributed by atoms with Crippen LogP contribution in [0.4, 0.5) is 5.69 Å². The molecule has 1 aliphatic carbocycles. The summed E-state index contributed by atoms with van der Waals surface area (Å²) in [5.41, 5.74) is 6.39. The van der Waals surface area contributed by atoms with Crippen molar-refractivity contribution in [1.82, 2.24) is 40.6 Å². The van der Waals surface area contributed by atoms with Crippen molar-refractivity contribution in [2.45, 2.75) is 90.4 Å². The van der Waals surface area contributed by atoms with Crippen molar-refractivity contribution in [2.75, 3.05) is 18.0 Å². The first-order valence-corrected chi connectivity index (χ1v) is 22.4. The van der Waals surface area contributed by atoms with E-state index in [2.05, 4.69) is 89.7 Å². The molecule has 2 fully saturated rings. The second-order valence-electron chi connectivity index (χ2n) is 16.3. The van der Waals surface area contributed by atoms with Crippen LogP contribution in [0, 0.1) is 38.0 Å². The number of nitrogens with one attached hydrogen (secondary N) is 2. The zero-order valence-corrected chi connectivity index (χ0v) is 36.7. The largest absolute Gasteiger partial charge is 0.490 e. The molecule has 15 nitrogen and oxygen atoms in total. The smallest absolute Gasteiger partial charge is 0.272 e. The molecule has 2 aromatic carbocycles. The van der Waals surface area contributed by atoms with E-state index >= 15 is 0 Å². The van der Waals surface area contributed by atoms with Crippen LogP contribution in [0.15, 0.2) is 76.5 Å². The van der Waals surface area contributed by atoms with Crippen LogP contribution in [0.1, 0.15) is 105 Å². The number of carbonyl (C=O) groups excluding carboxylic acids is 2. The Balaban J connectivity index is 0.790. The quantitative estimate of drug-likeness (QED) is 0.132. The van der Waals surface area contributed by atoms with Gasteiger partial charge in [0.1, 0.15) is 34.9 Å². The Morgan fingerprint density at radius 2 is 1.83 bits per heavy atom. The fourth-order valence-corrected chi connectivity index (χ4v) is 10.1. The van der Waals surface area contributed by atoms with Gasteiger partial charge in [-0.15, -0.1) is 26.6 Å². The Morgan fingerprint density at radius 1 is 1.00 bits per heavy atom. The topological polar surface area (TPSA) is 189 Å². The van der Waals surface area contributed by atoms with Crippen LogP contribution in [0.3, 0.4) is 0 Å². The van der Waals surface area contributed by atoms with E-state index in [9.17, 15) is 9.59 Å². The van der Waals surface area contributed by atoms with Gasteiger partial charge in [-0.25, -0.2) is 4.98 Å². The van der Waals surface area contributed by atoms with Gasteiger partial charge in [-0.05, 0) is 101 Å². The van der Waals surface area contributed by atoms with Gasteiger partial charge in [-0.1, -0.05) is 23.7 Å². The molecule has 2 atom stereocenters. The van der Waals surface area contributed by atoms with Gasteiger partial charge in [0.2, 0.25) is 5.91 Å². The molecule has 6 heterocycles. The van der Waals surface area contributed by atoms with Crippen molar-refractivity contribution in [3.8, 4) is 16.8 Å². The first kappa shape index (κ1) is 41.9. The minimum Gasteiger partial charge on any atom is -0.490 e. The zero-order chi connectivity index (χ0) is 43.6. The molecule has 0 unspecified atom stereocenters. The fraction of sp³-hybridized carbons (Fsp3) is 0.370. The molecule has 0 radical (unpaired) electrons. The number of hydrogen-bond donors (Lipinski definition) is 2. The molecule has 2 N–H and O–H groups in total. The maximum absolute atomic E-state index is 13.5. The predicted molar refractivity (Wildman–Crippen MR) is 238 cm³/mol. The lowest BCUT2D eigenvalue weighted by Gasteiger charge is -2.33. The third kappa shape index (κ3) is 8.93. The molecule has 3 aliphatic rings. The summed E-state index contributed by atoms with van der Waals surface area (Å²) in [5.74, 6) is 2.26. The number of aromatic nitrogens is 6. The number of anilines is 1. The van der Waals surface area contributed by atoms with E-state index < -0.39 is 0 Å². The normalized spacial score (nSPS) is 19.5. The molecule has 322 valence electrons. The molecule has 4 aromatic heterocycles. The number of aryl methyl sites for hydroxylation is 2. The van der Waals surface area contributed by atoms with Crippen molar-refractivity contribution in [3.05, 3.63) is 128 Å². The molecule has 0 spiro atoms. The second kappa shape index (κ2) is 18.1. The Bertz CT molecular complexity index is 2700. The number of amides is 2. The monoisotopic (exact) mass is 883 g/mol. The lowest BCUT2D eigenvalue weighted by atomic mass is 9.93. The maximum atomic E-state index is 13.5. The fourth-order valence-electron chi connectivity index (χ4n) is 8.63. The van der Waals surface area contributed by atoms with Gasteiger partial charge in [0.25, 0.3) is 5.91 Å². The molecule has 0 bridgehead atoms. The summed E-state index contributed by atoms with van der Waals surface area (Å²) in [6.07, 6.45) is 8.39. The molecule has 17 heteroatoms. The lowest BCUT2D eigenvalue weighted by Crippen LogP contribution is -2.43. The highest BCUT2D eigenvalue weighted by Gasteiger charge is 2.33. The van der Waals surface area contributed by atoms with Gasteiger partial charge in [0, 0.05) is 46.9 Å². The third-order valence-electron chi connectivity index (χ3n) is 12.2. The standard InChI is InChI=1S/C46H46ClN11O4S/c1-26-27(2)63-46-41(26)42(52-39(22-40-49-18-20-61-40)43-56-53-28(3)58(43)46)29-6-12-34(13-7-29)57-19-4-5-31(25-57)44(59)50-24-33-11-17-38(55-54-33)45(60)51-32-9-15-35(16-10-32)62-36-14-8-30(23-48)37(47)21-36/h6-8,11-14,17-18,20-21,31-32,35,39H,4-5,9-10,15-16,19,22,24-25H2,1-3H3,(H,50,59)(H,51,60)/t31-,32?,35?,39-/m0/s1. The summed E-state index contributed by atoms with van der Waals surface area (Å²) in [6.45, 7) is 7.90. The molecule has 2 amide bonds. The number of aliphatic imine (C=N–C) groups is 1. The third-order valence-corrected chi connectivity index (χ3v) is 13.7. The van der Waals surface area contributed by atoms with Crippen LogP contribution < -0.4 is 20.3 Å². The zero-order valence-electron chi connectivity index (χ0n) is 35.2. The van der Waals surface area contributed by atoms with Crippen molar-refractivity contribution >= 4 is 46.2 Å². The number of piperidine rings is 1. The number of benzene rings is 2. The highest BCUT2D eigenvalue weighted by Crippen LogP contribution is 2.40. The summed E-state index contributed by atoms with van der Waals surface area (Å²) >= 11 is 7.88. The molecule has 63 heavy (non-hydrogen) atoms. The van der Waals surface area contributed by atoms with Crippen molar-refractivity contribution in [3.63, 3.8) is 0 Å². The number of halogens is 1. The van der Waals surface area contributed by atoms with E-state index in [-0.39, 0.29) is 48.2 Å². The van der Waals surface area contributed by atoms with Crippen LogP contribution in [-0.4, -0.2) is 72.7 Å². The number of thiophene rings is 1. The molecule has 1 saturated heterocycles. The summed E-state index contributed by atoms with van der Waals surface area (Å²) in [5, 5.41) is 34.1. The van der Waals surface area contributed by atoms with Gasteiger partial charge < -0.3 is 24.7 Å². The van der Waals surface area contributed by atoms with E-state index in [1.807, 2.05) is 6.92 Å². The van der Waals surface area contributed by atoms with Gasteiger partial charge in [-0.2, -0.15) is 10.4 Å². The number of nitrogens with zero attached hydrogens (tertiary/aromatic N) is 9. The number of hydrogen-bond acceptors (Lipinski definition) is 13. The number of rotatable bonds is 11. The van der Waals surface area contributed by atoms with Gasteiger partial charge in [0.15, 0.2) is 17.4 Å². The first-order valence-electron chi connectivity index (χ1n) is 21.2. The van der Waals surface area contributed by atoms with Gasteiger partial charge in [0.05, 0.1) is 53.2 Å². The average Bonchev–Trinajstić information content (AvgIpc) is 4.01. The predicted octanol–water partition coefficient (Wildman–Crippen LogP) is 7.34. The molecule has 1 saturated carbocycles. The molecule has 6 aromatic rings. The number of fused-ring (bicyclic) bond motifs is 3. The van der Waals surface area contributed by atoms with Crippen LogP contribution in [0.2, 0.25) is 5.02 Å². The van der Waals surface area contributed by atoms with E-state index in [1.165, 1.54) is 10.4 Å². The van der Waals surface area contributed by atoms with Crippen LogP contribution in [0.25, 0.3) is 5.00 Å². The molecule has 9 rings (SSSR count). The summed E-state index contributed by atoms with van der Waals surface area (Å²) in [4.78, 5) is 39.7. The average molecular weight is 884 g/mol. The van der Waals surface area contributed by atoms with Crippen molar-refractivity contribution in [1.29, 1.82) is 5.26 Å². The van der Waals surface area contributed by atoms with E-state index in [4.69, 9.17) is 31.0 Å². The van der Waals surface area contributed by atoms with Gasteiger partial charge in [-0.3, -0.25) is 19.1 Å². The molecular formula is C46H46ClN11O4S. The molecule has 2 aliphatic heterocycles. The first-order chi connectivity index (χ1) is 30.6. The van der Waals surface area contributed by atoms with E-state index in [0.29, 0.717) is 40.9 Å². The minimum atomic E-state index is -0.351. The van der Waals surface area contributed by atoms with Crippen LogP contribution >= 0.6 is 22.9 Å². The van der Waals surface area contributed by atoms with Crippen molar-refractivity contribution < 1.29 is 18.7 Å². The summed E-state index contributed by atoms with van der Waals surface area (Å²) in [7, 11) is 0. The number of oxazole rings is 1. The van der Waals surface area contributed by atoms with Crippen LogP contribution in [-0.2, 0) is 17.8 Å². The van der Waals surface area contributed by atoms with Crippen molar-refractivity contribution in [2.24, 2.45) is 10.9 Å². The van der Waals surface area contributed by atoms with Crippen LogP contribution in [0.5, 0.6) is 5.75 Å². The lowest BCUT2D eigenvalue weighted by molar-refractivity contribution is -0.125. The Morgan fingerprint density at radius 3 is 2.56 bits per heavy atom. The number of nitriles is 1. The highest BCUT2D eigenvalue weighted by molar-refractivity contribution is 7.15. The van der Waals surface area contributed by atoms with E-state index in [0.717, 1.165) is 84.2 Å². The Hall–Kier alpha value is -6.44. The number of ether oxygens (including phenoxy) is 1. The minimum absolute atomic E-state index is 0.00119. The maximum Gasteiger partial charge on any atom is 0.272 e. The SMILES string of the molecule is Cc1sc2c(c1C)C(c1ccc(N3CCC[C@H](C(=O)NCc4ccc(C(=O)NC5CCC(Oc6ccc(C#N)c(Cl)c6)CC5)nn4)C3)cc1)=N[C@@H](Cc1ncco1)c1nnc(C)n1-2. The summed E-state index contributed by atoms with van der Waals surface area (Å²) < 4.78 is 13.9. The number of carbonyl (C=O) groups is 2. The molecular weight excluding hydrogens is 838 g/mol. The summed E-state index contributed by atoms with van der Waals surface area (Å²) in [6, 6.07) is 18.6. The van der Waals surface area contributed by atoms with Gasteiger partial charge >= 0.3 is 0 Å².